The number of halogens is 1. The van der Waals surface area contributed by atoms with Gasteiger partial charge in [-0.2, -0.15) is 0 Å². The number of ether oxygens (including phenoxy) is 1. The lowest BCUT2D eigenvalue weighted by Crippen LogP contribution is -2.17. The molecule has 1 aliphatic heterocycles. The molecule has 1 fully saturated rings. The van der Waals surface area contributed by atoms with E-state index >= 15 is 0 Å². The Morgan fingerprint density at radius 3 is 2.86 bits per heavy atom. The van der Waals surface area contributed by atoms with E-state index in [0.717, 1.165) is 29.5 Å². The van der Waals surface area contributed by atoms with Crippen molar-refractivity contribution in [3.05, 3.63) is 34.3 Å². The van der Waals surface area contributed by atoms with Crippen molar-refractivity contribution in [1.29, 1.82) is 0 Å². The fourth-order valence-corrected chi connectivity index (χ4v) is 2.29. The van der Waals surface area contributed by atoms with Crippen molar-refractivity contribution in [2.24, 2.45) is 0 Å². The summed E-state index contributed by atoms with van der Waals surface area (Å²) in [5.41, 5.74) is 0.916. The van der Waals surface area contributed by atoms with Gasteiger partial charge in [0.1, 0.15) is 6.10 Å². The highest BCUT2D eigenvalue weighted by Gasteiger charge is 2.26. The monoisotopic (exact) mass is 256 g/mol. The van der Waals surface area contributed by atoms with Crippen LogP contribution in [-0.4, -0.2) is 17.8 Å². The van der Waals surface area contributed by atoms with Crippen LogP contribution in [0.15, 0.2) is 28.7 Å². The van der Waals surface area contributed by atoms with Gasteiger partial charge in [0, 0.05) is 11.1 Å². The van der Waals surface area contributed by atoms with E-state index in [4.69, 9.17) is 4.74 Å². The summed E-state index contributed by atoms with van der Waals surface area (Å²) in [4.78, 5) is 0. The van der Waals surface area contributed by atoms with E-state index in [0.29, 0.717) is 0 Å². The molecule has 0 spiro atoms. The number of aliphatic hydroxyl groups is 1. The van der Waals surface area contributed by atoms with Crippen LogP contribution < -0.4 is 0 Å². The van der Waals surface area contributed by atoms with Gasteiger partial charge >= 0.3 is 0 Å². The normalized spacial score (nSPS) is 23.7. The summed E-state index contributed by atoms with van der Waals surface area (Å²) in [6.07, 6.45) is 1.45. The average molecular weight is 257 g/mol. The van der Waals surface area contributed by atoms with Crippen LogP contribution in [-0.2, 0) is 4.74 Å². The van der Waals surface area contributed by atoms with Gasteiger partial charge in [0.05, 0.1) is 6.10 Å². The van der Waals surface area contributed by atoms with Crippen LogP contribution in [0.4, 0.5) is 0 Å². The smallest absolute Gasteiger partial charge is 0.106 e. The highest BCUT2D eigenvalue weighted by molar-refractivity contribution is 9.10. The Hall–Kier alpha value is -0.380. The number of hydrogen-bond acceptors (Lipinski definition) is 2. The van der Waals surface area contributed by atoms with Crippen molar-refractivity contribution in [3.8, 4) is 0 Å². The Labute approximate surface area is 92.0 Å². The van der Waals surface area contributed by atoms with Gasteiger partial charge in [-0.05, 0) is 24.5 Å². The van der Waals surface area contributed by atoms with Crippen LogP contribution in [0.1, 0.15) is 24.5 Å². The van der Waals surface area contributed by atoms with Gasteiger partial charge < -0.3 is 9.84 Å². The van der Waals surface area contributed by atoms with E-state index in [-0.39, 0.29) is 6.10 Å². The lowest BCUT2D eigenvalue weighted by molar-refractivity contribution is -0.00293. The average Bonchev–Trinajstić information content (AvgIpc) is 2.70. The van der Waals surface area contributed by atoms with Crippen molar-refractivity contribution >= 4 is 15.9 Å². The lowest BCUT2D eigenvalue weighted by atomic mass is 10.0. The number of benzene rings is 1. The summed E-state index contributed by atoms with van der Waals surface area (Å²) in [7, 11) is 0. The molecule has 0 saturated carbocycles. The molecule has 0 amide bonds. The van der Waals surface area contributed by atoms with Crippen molar-refractivity contribution in [2.45, 2.75) is 25.0 Å². The molecule has 0 radical (unpaired) electrons. The van der Waals surface area contributed by atoms with Crippen LogP contribution in [0, 0.1) is 0 Å². The molecule has 1 N–H and O–H groups in total. The maximum absolute atomic E-state index is 10.0. The molecule has 3 heteroatoms. The van der Waals surface area contributed by atoms with Gasteiger partial charge in [0.2, 0.25) is 0 Å². The Bertz CT molecular complexity index is 308. The molecule has 14 heavy (non-hydrogen) atoms. The molecule has 0 aromatic heterocycles. The third kappa shape index (κ3) is 2.00. The molecular formula is C11H13BrO2. The topological polar surface area (TPSA) is 29.5 Å². The molecule has 0 unspecified atom stereocenters. The number of rotatable bonds is 2. The van der Waals surface area contributed by atoms with Crippen molar-refractivity contribution < 1.29 is 9.84 Å². The minimum atomic E-state index is -0.506. The Kier molecular flexibility index (Phi) is 3.21. The summed E-state index contributed by atoms with van der Waals surface area (Å²) in [6, 6.07) is 7.73. The van der Waals surface area contributed by atoms with Crippen LogP contribution in [0.5, 0.6) is 0 Å². The van der Waals surface area contributed by atoms with Crippen LogP contribution in [0.25, 0.3) is 0 Å². The van der Waals surface area contributed by atoms with Gasteiger partial charge in [0.25, 0.3) is 0 Å². The Morgan fingerprint density at radius 2 is 2.21 bits per heavy atom. The first-order valence-electron chi connectivity index (χ1n) is 4.83. The highest BCUT2D eigenvalue weighted by Crippen LogP contribution is 2.30. The van der Waals surface area contributed by atoms with E-state index in [2.05, 4.69) is 15.9 Å². The van der Waals surface area contributed by atoms with Crippen LogP contribution in [0.3, 0.4) is 0 Å². The molecular weight excluding hydrogens is 244 g/mol. The first kappa shape index (κ1) is 10.1. The molecule has 0 aliphatic carbocycles. The number of aliphatic hydroxyl groups excluding tert-OH is 1. The van der Waals surface area contributed by atoms with Crippen molar-refractivity contribution in [2.75, 3.05) is 6.61 Å². The minimum Gasteiger partial charge on any atom is -0.386 e. The third-order valence-corrected chi connectivity index (χ3v) is 3.26. The minimum absolute atomic E-state index is 0.0336. The predicted octanol–water partition coefficient (Wildman–Crippen LogP) is 2.66. The van der Waals surface area contributed by atoms with Crippen molar-refractivity contribution in [1.82, 2.24) is 0 Å². The third-order valence-electron chi connectivity index (χ3n) is 2.54. The lowest BCUT2D eigenvalue weighted by Gasteiger charge is -2.18. The van der Waals surface area contributed by atoms with Gasteiger partial charge in [-0.15, -0.1) is 0 Å². The second kappa shape index (κ2) is 4.43. The molecule has 1 aromatic rings. The maximum Gasteiger partial charge on any atom is 0.106 e. The fourth-order valence-electron chi connectivity index (χ4n) is 1.77. The van der Waals surface area contributed by atoms with E-state index in [1.807, 2.05) is 24.3 Å². The standard InChI is InChI=1S/C11H13BrO2/c12-9-5-2-1-4-8(9)11(13)10-6-3-7-14-10/h1-2,4-5,10-11,13H,3,6-7H2/t10-,11-/m1/s1. The van der Waals surface area contributed by atoms with Crippen molar-refractivity contribution in [3.63, 3.8) is 0 Å². The molecule has 1 heterocycles. The molecule has 1 aliphatic rings. The maximum atomic E-state index is 10.0. The van der Waals surface area contributed by atoms with Crippen LogP contribution in [0.2, 0.25) is 0 Å². The first-order chi connectivity index (χ1) is 6.79. The molecule has 2 rings (SSSR count). The second-order valence-corrected chi connectivity index (χ2v) is 4.37. The van der Waals surface area contributed by atoms with Gasteiger partial charge in [-0.25, -0.2) is 0 Å². The largest absolute Gasteiger partial charge is 0.386 e. The molecule has 76 valence electrons. The van der Waals surface area contributed by atoms with Crippen LogP contribution >= 0.6 is 15.9 Å². The zero-order chi connectivity index (χ0) is 9.97. The first-order valence-corrected chi connectivity index (χ1v) is 5.62. The van der Waals surface area contributed by atoms with Gasteiger partial charge in [-0.3, -0.25) is 0 Å². The molecule has 2 atom stereocenters. The molecule has 2 nitrogen and oxygen atoms in total. The summed E-state index contributed by atoms with van der Waals surface area (Å²) >= 11 is 3.43. The van der Waals surface area contributed by atoms with E-state index in [1.165, 1.54) is 0 Å². The quantitative estimate of drug-likeness (QED) is 0.882. The predicted molar refractivity (Wildman–Crippen MR) is 58.1 cm³/mol. The summed E-state index contributed by atoms with van der Waals surface area (Å²) in [5, 5.41) is 10.0. The van der Waals surface area contributed by atoms with Gasteiger partial charge in [-0.1, -0.05) is 34.1 Å². The fraction of sp³-hybridized carbons (Fsp3) is 0.455. The zero-order valence-corrected chi connectivity index (χ0v) is 9.40. The van der Waals surface area contributed by atoms with Gasteiger partial charge in [0.15, 0.2) is 0 Å². The Morgan fingerprint density at radius 1 is 1.43 bits per heavy atom. The van der Waals surface area contributed by atoms with E-state index in [9.17, 15) is 5.11 Å². The van der Waals surface area contributed by atoms with E-state index in [1.54, 1.807) is 0 Å². The second-order valence-electron chi connectivity index (χ2n) is 3.52. The summed E-state index contributed by atoms with van der Waals surface area (Å²) < 4.78 is 6.40. The molecule has 1 aromatic carbocycles. The zero-order valence-electron chi connectivity index (χ0n) is 7.82. The number of hydrogen-bond donors (Lipinski definition) is 1. The molecule has 0 bridgehead atoms. The highest BCUT2D eigenvalue weighted by atomic mass is 79.9. The summed E-state index contributed by atoms with van der Waals surface area (Å²) in [6.45, 7) is 0.770. The SMILES string of the molecule is O[C@H](c1ccccc1Br)[C@H]1CCCO1. The van der Waals surface area contributed by atoms with E-state index < -0.39 is 6.10 Å². The summed E-state index contributed by atoms with van der Waals surface area (Å²) in [5.74, 6) is 0. The Balaban J connectivity index is 2.17. The molecule has 1 saturated heterocycles.